The highest BCUT2D eigenvalue weighted by atomic mass is 32.2. The molecule has 2 amide bonds. The van der Waals surface area contributed by atoms with Crippen LogP contribution >= 0.6 is 23.1 Å². The number of carbonyl (C=O) groups excluding carboxylic acids is 2. The molecule has 41 heavy (non-hydrogen) atoms. The first kappa shape index (κ1) is 27.6. The second-order valence-corrected chi connectivity index (χ2v) is 12.2. The van der Waals surface area contributed by atoms with Crippen LogP contribution in [-0.2, 0) is 14.3 Å². The van der Waals surface area contributed by atoms with Crippen LogP contribution in [0.1, 0.15) is 30.2 Å². The summed E-state index contributed by atoms with van der Waals surface area (Å²) in [6.45, 7) is 4.86. The van der Waals surface area contributed by atoms with Gasteiger partial charge in [-0.2, -0.15) is 16.4 Å². The molecular weight excluding hydrogens is 556 g/mol. The number of nitrogens with zero attached hydrogens (tertiary/aromatic N) is 4. The molecule has 3 unspecified atom stereocenters. The van der Waals surface area contributed by atoms with Crippen molar-refractivity contribution in [2.75, 3.05) is 37.4 Å². The van der Waals surface area contributed by atoms with Crippen molar-refractivity contribution in [2.24, 2.45) is 0 Å². The molecule has 3 atom stereocenters. The van der Waals surface area contributed by atoms with Gasteiger partial charge in [0.25, 0.3) is 0 Å². The van der Waals surface area contributed by atoms with Gasteiger partial charge in [0.1, 0.15) is 18.1 Å². The highest BCUT2D eigenvalue weighted by molar-refractivity contribution is 8.00. The number of amides is 2. The standard InChI is InChI=1S/C31H32N4O4S2/c1-20-15-33(16-21(2)39-20)26(36)17-34-27(37)19-41-30(23-13-14-40-18-23)28-29(22-7-5-4-6-8-22)32-35(31(28)34)24-9-11-25(38-3)12-10-24/h4-14,18,20-21,30H,15-17,19H2,1-3H3. The van der Waals surface area contributed by atoms with E-state index >= 15 is 0 Å². The van der Waals surface area contributed by atoms with Gasteiger partial charge in [-0.05, 0) is 60.5 Å². The average Bonchev–Trinajstić information content (AvgIpc) is 3.63. The lowest BCUT2D eigenvalue weighted by Gasteiger charge is -2.36. The monoisotopic (exact) mass is 588 g/mol. The molecular formula is C31H32N4O4S2. The lowest BCUT2D eigenvalue weighted by Crippen LogP contribution is -2.52. The Kier molecular flexibility index (Phi) is 7.88. The maximum Gasteiger partial charge on any atom is 0.242 e. The molecule has 0 spiro atoms. The fraction of sp³-hybridized carbons (Fsp3) is 0.323. The predicted octanol–water partition coefficient (Wildman–Crippen LogP) is 5.41. The van der Waals surface area contributed by atoms with Crippen molar-refractivity contribution in [3.63, 3.8) is 0 Å². The van der Waals surface area contributed by atoms with Crippen molar-refractivity contribution in [3.05, 3.63) is 82.6 Å². The first-order valence-electron chi connectivity index (χ1n) is 13.6. The number of hydrogen-bond acceptors (Lipinski definition) is 7. The van der Waals surface area contributed by atoms with E-state index < -0.39 is 0 Å². The van der Waals surface area contributed by atoms with E-state index in [1.165, 1.54) is 0 Å². The minimum absolute atomic E-state index is 0.0638. The lowest BCUT2D eigenvalue weighted by atomic mass is 10.0. The van der Waals surface area contributed by atoms with Gasteiger partial charge in [0.2, 0.25) is 11.8 Å². The Hall–Kier alpha value is -3.60. The molecule has 0 N–H and O–H groups in total. The first-order chi connectivity index (χ1) is 19.9. The van der Waals surface area contributed by atoms with Crippen molar-refractivity contribution < 1.29 is 19.1 Å². The summed E-state index contributed by atoms with van der Waals surface area (Å²) < 4.78 is 13.1. The minimum atomic E-state index is -0.133. The van der Waals surface area contributed by atoms with Crippen LogP contribution in [0, 0.1) is 0 Å². The Labute approximate surface area is 247 Å². The second kappa shape index (κ2) is 11.7. The quantitative estimate of drug-likeness (QED) is 0.300. The number of methoxy groups -OCH3 is 1. The normalized spacial score (nSPS) is 21.0. The Morgan fingerprint density at radius 1 is 1.05 bits per heavy atom. The molecule has 4 aromatic rings. The highest BCUT2D eigenvalue weighted by Gasteiger charge is 2.39. The molecule has 6 rings (SSSR count). The fourth-order valence-corrected chi connectivity index (χ4v) is 7.50. The molecule has 8 nitrogen and oxygen atoms in total. The number of benzene rings is 2. The Morgan fingerprint density at radius 3 is 2.44 bits per heavy atom. The molecule has 1 saturated heterocycles. The van der Waals surface area contributed by atoms with Gasteiger partial charge in [0, 0.05) is 24.2 Å². The van der Waals surface area contributed by atoms with E-state index in [4.69, 9.17) is 14.6 Å². The van der Waals surface area contributed by atoms with Crippen molar-refractivity contribution in [2.45, 2.75) is 31.3 Å². The predicted molar refractivity (Wildman–Crippen MR) is 163 cm³/mol. The molecule has 0 radical (unpaired) electrons. The van der Waals surface area contributed by atoms with E-state index in [1.54, 1.807) is 35.1 Å². The third-order valence-corrected chi connectivity index (χ3v) is 9.32. The van der Waals surface area contributed by atoms with Gasteiger partial charge in [0.15, 0.2) is 0 Å². The summed E-state index contributed by atoms with van der Waals surface area (Å²) in [5, 5.41) is 9.20. The maximum absolute atomic E-state index is 13.9. The van der Waals surface area contributed by atoms with Crippen LogP contribution in [0.4, 0.5) is 5.82 Å². The van der Waals surface area contributed by atoms with Crippen molar-refractivity contribution in [1.29, 1.82) is 0 Å². The van der Waals surface area contributed by atoms with Gasteiger partial charge in [0.05, 0.1) is 41.7 Å². The number of ether oxygens (including phenoxy) is 2. The maximum atomic E-state index is 13.9. The van der Waals surface area contributed by atoms with E-state index in [0.717, 1.165) is 33.8 Å². The molecule has 2 aliphatic heterocycles. The number of carbonyl (C=O) groups is 2. The third-order valence-electron chi connectivity index (χ3n) is 7.36. The average molecular weight is 589 g/mol. The molecule has 1 fully saturated rings. The largest absolute Gasteiger partial charge is 0.497 e. The van der Waals surface area contributed by atoms with E-state index in [9.17, 15) is 9.59 Å². The number of thiophene rings is 1. The molecule has 2 aliphatic rings. The number of hydrogen-bond donors (Lipinski definition) is 0. The zero-order valence-electron chi connectivity index (χ0n) is 23.2. The Balaban J connectivity index is 1.54. The third kappa shape index (κ3) is 5.51. The number of aromatic nitrogens is 2. The summed E-state index contributed by atoms with van der Waals surface area (Å²) in [7, 11) is 1.63. The summed E-state index contributed by atoms with van der Waals surface area (Å²) in [6, 6.07) is 19.7. The molecule has 10 heteroatoms. The van der Waals surface area contributed by atoms with Crippen LogP contribution in [0.2, 0.25) is 0 Å². The number of fused-ring (bicyclic) bond motifs is 1. The topological polar surface area (TPSA) is 76.9 Å². The van der Waals surface area contributed by atoms with E-state index in [-0.39, 0.29) is 41.6 Å². The molecule has 212 valence electrons. The van der Waals surface area contributed by atoms with E-state index in [2.05, 4.69) is 16.8 Å². The van der Waals surface area contributed by atoms with Gasteiger partial charge >= 0.3 is 0 Å². The lowest BCUT2D eigenvalue weighted by molar-refractivity contribution is -0.142. The number of anilines is 1. The summed E-state index contributed by atoms with van der Waals surface area (Å²) >= 11 is 3.21. The van der Waals surface area contributed by atoms with Crippen LogP contribution < -0.4 is 9.64 Å². The Bertz CT molecular complexity index is 1510. The van der Waals surface area contributed by atoms with Crippen LogP contribution in [0.5, 0.6) is 5.75 Å². The number of rotatable bonds is 6. The molecule has 0 bridgehead atoms. The molecule has 0 saturated carbocycles. The SMILES string of the molecule is COc1ccc(-n2nc(-c3ccccc3)c3c2N(CC(=O)N2CC(C)OC(C)C2)C(=O)CSC3c2ccsc2)cc1. The molecule has 2 aromatic heterocycles. The molecule has 4 heterocycles. The van der Waals surface area contributed by atoms with Gasteiger partial charge in [-0.15, -0.1) is 11.8 Å². The van der Waals surface area contributed by atoms with Crippen molar-refractivity contribution >= 4 is 40.7 Å². The van der Waals surface area contributed by atoms with Gasteiger partial charge in [-0.25, -0.2) is 4.68 Å². The summed E-state index contributed by atoms with van der Waals surface area (Å²) in [4.78, 5) is 31.1. The number of morpholine rings is 1. The summed E-state index contributed by atoms with van der Waals surface area (Å²) in [5.41, 5.74) is 4.57. The van der Waals surface area contributed by atoms with Gasteiger partial charge in [-0.3, -0.25) is 14.5 Å². The molecule has 2 aromatic carbocycles. The Morgan fingerprint density at radius 2 is 1.78 bits per heavy atom. The zero-order valence-corrected chi connectivity index (χ0v) is 24.9. The highest BCUT2D eigenvalue weighted by Crippen LogP contribution is 2.49. The van der Waals surface area contributed by atoms with Crippen LogP contribution in [-0.4, -0.2) is 71.2 Å². The molecule has 0 aliphatic carbocycles. The smallest absolute Gasteiger partial charge is 0.242 e. The van der Waals surface area contributed by atoms with Crippen molar-refractivity contribution in [1.82, 2.24) is 14.7 Å². The van der Waals surface area contributed by atoms with Crippen LogP contribution in [0.25, 0.3) is 16.9 Å². The zero-order chi connectivity index (χ0) is 28.5. The van der Waals surface area contributed by atoms with E-state index in [1.807, 2.05) is 78.0 Å². The first-order valence-corrected chi connectivity index (χ1v) is 15.6. The number of thioether (sulfide) groups is 1. The minimum Gasteiger partial charge on any atom is -0.497 e. The summed E-state index contributed by atoms with van der Waals surface area (Å²) in [5.74, 6) is 1.37. The van der Waals surface area contributed by atoms with Crippen LogP contribution in [0.3, 0.4) is 0 Å². The van der Waals surface area contributed by atoms with Gasteiger partial charge < -0.3 is 14.4 Å². The van der Waals surface area contributed by atoms with Gasteiger partial charge in [-0.1, -0.05) is 30.3 Å². The summed E-state index contributed by atoms with van der Waals surface area (Å²) in [6.07, 6.45) is -0.128. The van der Waals surface area contributed by atoms with Crippen LogP contribution in [0.15, 0.2) is 71.4 Å². The second-order valence-electron chi connectivity index (χ2n) is 10.3. The van der Waals surface area contributed by atoms with E-state index in [0.29, 0.717) is 18.9 Å². The fourth-order valence-electron chi connectivity index (χ4n) is 5.54. The van der Waals surface area contributed by atoms with Crippen molar-refractivity contribution in [3.8, 4) is 22.7 Å².